The fourth-order valence-corrected chi connectivity index (χ4v) is 3.11. The van der Waals surface area contributed by atoms with Gasteiger partial charge in [-0.1, -0.05) is 62.2 Å². The summed E-state index contributed by atoms with van der Waals surface area (Å²) in [7, 11) is 0. The summed E-state index contributed by atoms with van der Waals surface area (Å²) in [6.07, 6.45) is -4.86. The van der Waals surface area contributed by atoms with Crippen molar-refractivity contribution in [2.24, 2.45) is 0 Å². The van der Waals surface area contributed by atoms with E-state index in [2.05, 4.69) is 31.9 Å². The van der Waals surface area contributed by atoms with E-state index in [1.165, 1.54) is 0 Å². The van der Waals surface area contributed by atoms with E-state index in [0.29, 0.717) is 0 Å². The summed E-state index contributed by atoms with van der Waals surface area (Å²) in [6, 6.07) is 11.4. The van der Waals surface area contributed by atoms with Crippen LogP contribution in [0.15, 0.2) is 40.9 Å². The van der Waals surface area contributed by atoms with Crippen LogP contribution >= 0.6 is 31.9 Å². The third-order valence-electron chi connectivity index (χ3n) is 2.92. The van der Waals surface area contributed by atoms with E-state index in [9.17, 15) is 13.2 Å². The fourth-order valence-electron chi connectivity index (χ4n) is 2.00. The number of fused-ring (bicyclic) bond motifs is 1. The van der Waals surface area contributed by atoms with Gasteiger partial charge in [-0.05, 0) is 28.8 Å². The Morgan fingerprint density at radius 2 is 1.63 bits per heavy atom. The summed E-state index contributed by atoms with van der Waals surface area (Å²) in [4.78, 5) is -0.299. The van der Waals surface area contributed by atoms with Gasteiger partial charge in [-0.25, -0.2) is 0 Å². The molecule has 0 amide bonds. The maximum atomic E-state index is 12.3. The molecule has 102 valence electrons. The number of rotatable bonds is 3. The second-order valence-electron chi connectivity index (χ2n) is 4.30. The van der Waals surface area contributed by atoms with Crippen molar-refractivity contribution >= 4 is 42.6 Å². The first-order valence-electron chi connectivity index (χ1n) is 5.76. The van der Waals surface area contributed by atoms with Crippen LogP contribution in [0.1, 0.15) is 23.2 Å². The number of halogens is 5. The van der Waals surface area contributed by atoms with Crippen molar-refractivity contribution in [3.05, 3.63) is 46.4 Å². The summed E-state index contributed by atoms with van der Waals surface area (Å²) >= 11 is 6.82. The van der Waals surface area contributed by atoms with Gasteiger partial charge in [-0.2, -0.15) is 13.2 Å². The first-order valence-corrected chi connectivity index (χ1v) is 7.47. The van der Waals surface area contributed by atoms with Gasteiger partial charge < -0.3 is 0 Å². The molecule has 0 saturated carbocycles. The predicted octanol–water partition coefficient (Wildman–Crippen LogP) is 6.38. The summed E-state index contributed by atoms with van der Waals surface area (Å²) in [6.45, 7) is 0. The maximum Gasteiger partial charge on any atom is 0.389 e. The van der Waals surface area contributed by atoms with Crippen molar-refractivity contribution in [2.75, 3.05) is 0 Å². The molecule has 2 aromatic rings. The molecule has 0 aliphatic heterocycles. The van der Waals surface area contributed by atoms with Gasteiger partial charge in [0.15, 0.2) is 0 Å². The highest BCUT2D eigenvalue weighted by molar-refractivity contribution is 9.10. The Kier molecular flexibility index (Phi) is 4.56. The SMILES string of the molecule is FC(F)(F)CCC(Br)c1ccc(Br)c2ccccc12. The van der Waals surface area contributed by atoms with E-state index < -0.39 is 12.6 Å². The summed E-state index contributed by atoms with van der Waals surface area (Å²) in [5.41, 5.74) is 0.892. The zero-order chi connectivity index (χ0) is 14.0. The van der Waals surface area contributed by atoms with Crippen LogP contribution in [0.5, 0.6) is 0 Å². The van der Waals surface area contributed by atoms with Gasteiger partial charge in [0.25, 0.3) is 0 Å². The van der Waals surface area contributed by atoms with E-state index in [0.717, 1.165) is 20.8 Å². The molecule has 0 aliphatic rings. The molecule has 0 N–H and O–H groups in total. The summed E-state index contributed by atoms with van der Waals surface area (Å²) in [5.74, 6) is 0. The van der Waals surface area contributed by atoms with Crippen molar-refractivity contribution in [1.29, 1.82) is 0 Å². The lowest BCUT2D eigenvalue weighted by molar-refractivity contribution is -0.135. The van der Waals surface area contributed by atoms with Crippen LogP contribution in [0.25, 0.3) is 10.8 Å². The van der Waals surface area contributed by atoms with Crippen LogP contribution in [-0.4, -0.2) is 6.18 Å². The van der Waals surface area contributed by atoms with Crippen molar-refractivity contribution in [1.82, 2.24) is 0 Å². The summed E-state index contributed by atoms with van der Waals surface area (Å²) < 4.78 is 37.8. The van der Waals surface area contributed by atoms with Gasteiger partial charge in [-0.15, -0.1) is 0 Å². The minimum absolute atomic E-state index is 0.0368. The number of alkyl halides is 4. The first-order chi connectivity index (χ1) is 8.88. The molecule has 0 aliphatic carbocycles. The topological polar surface area (TPSA) is 0 Å². The third-order valence-corrected chi connectivity index (χ3v) is 4.57. The molecule has 0 spiro atoms. The zero-order valence-corrected chi connectivity index (χ0v) is 13.0. The Hall–Kier alpha value is -0.550. The van der Waals surface area contributed by atoms with Gasteiger partial charge in [0.05, 0.1) is 0 Å². The Bertz CT molecular complexity index is 578. The van der Waals surface area contributed by atoms with Gasteiger partial charge >= 0.3 is 6.18 Å². The average molecular weight is 396 g/mol. The monoisotopic (exact) mass is 394 g/mol. The molecule has 0 bridgehead atoms. The minimum Gasteiger partial charge on any atom is -0.171 e. The predicted molar refractivity (Wildman–Crippen MR) is 78.6 cm³/mol. The number of hydrogen-bond acceptors (Lipinski definition) is 0. The van der Waals surface area contributed by atoms with E-state index >= 15 is 0 Å². The van der Waals surface area contributed by atoms with Crippen molar-refractivity contribution in [3.63, 3.8) is 0 Å². The molecule has 0 radical (unpaired) electrons. The van der Waals surface area contributed by atoms with Crippen LogP contribution in [0.3, 0.4) is 0 Å². The van der Waals surface area contributed by atoms with Crippen molar-refractivity contribution < 1.29 is 13.2 Å². The van der Waals surface area contributed by atoms with Gasteiger partial charge in [-0.3, -0.25) is 0 Å². The molecule has 0 nitrogen and oxygen atoms in total. The van der Waals surface area contributed by atoms with Gasteiger partial charge in [0.2, 0.25) is 0 Å². The lowest BCUT2D eigenvalue weighted by atomic mass is 10.00. The average Bonchev–Trinajstić information content (AvgIpc) is 2.36. The highest BCUT2D eigenvalue weighted by Crippen LogP contribution is 2.38. The van der Waals surface area contributed by atoms with E-state index in [-0.39, 0.29) is 11.2 Å². The van der Waals surface area contributed by atoms with E-state index in [4.69, 9.17) is 0 Å². The molecule has 2 rings (SSSR count). The number of hydrogen-bond donors (Lipinski definition) is 0. The molecule has 0 saturated heterocycles. The summed E-state index contributed by atoms with van der Waals surface area (Å²) in [5, 5.41) is 1.98. The molecule has 0 heterocycles. The van der Waals surface area contributed by atoms with Gasteiger partial charge in [0, 0.05) is 15.7 Å². The first kappa shape index (κ1) is 14.9. The van der Waals surface area contributed by atoms with Crippen molar-refractivity contribution in [3.8, 4) is 0 Å². The molecule has 19 heavy (non-hydrogen) atoms. The second kappa shape index (κ2) is 5.83. The minimum atomic E-state index is -4.11. The molecule has 0 aromatic heterocycles. The molecule has 5 heteroatoms. The molecular weight excluding hydrogens is 385 g/mol. The maximum absolute atomic E-state index is 12.3. The number of benzene rings is 2. The van der Waals surface area contributed by atoms with Crippen molar-refractivity contribution in [2.45, 2.75) is 23.8 Å². The highest BCUT2D eigenvalue weighted by Gasteiger charge is 2.28. The van der Waals surface area contributed by atoms with Crippen LogP contribution in [0, 0.1) is 0 Å². The largest absolute Gasteiger partial charge is 0.389 e. The lowest BCUT2D eigenvalue weighted by Gasteiger charge is -2.15. The molecule has 2 aromatic carbocycles. The Labute approximate surface area is 126 Å². The van der Waals surface area contributed by atoms with Crippen LogP contribution in [0.4, 0.5) is 13.2 Å². The molecular formula is C14H11Br2F3. The quantitative estimate of drug-likeness (QED) is 0.529. The van der Waals surface area contributed by atoms with Crippen LogP contribution in [0.2, 0.25) is 0 Å². The highest BCUT2D eigenvalue weighted by atomic mass is 79.9. The van der Waals surface area contributed by atoms with E-state index in [1.54, 1.807) is 0 Å². The molecule has 1 unspecified atom stereocenters. The van der Waals surface area contributed by atoms with Crippen LogP contribution in [-0.2, 0) is 0 Å². The van der Waals surface area contributed by atoms with E-state index in [1.807, 2.05) is 36.4 Å². The van der Waals surface area contributed by atoms with Crippen LogP contribution < -0.4 is 0 Å². The lowest BCUT2D eigenvalue weighted by Crippen LogP contribution is -2.08. The molecule has 0 fully saturated rings. The second-order valence-corrected chi connectivity index (χ2v) is 6.26. The standard InChI is InChI=1S/C14H11Br2F3/c15-12-6-5-11(9-3-1-2-4-10(9)12)13(16)7-8-14(17,18)19/h1-6,13H,7-8H2. The normalized spacial score (nSPS) is 13.7. The smallest absolute Gasteiger partial charge is 0.171 e. The Morgan fingerprint density at radius 3 is 2.26 bits per heavy atom. The Morgan fingerprint density at radius 1 is 1.00 bits per heavy atom. The van der Waals surface area contributed by atoms with Gasteiger partial charge in [0.1, 0.15) is 0 Å². The Balaban J connectivity index is 2.32. The fraction of sp³-hybridized carbons (Fsp3) is 0.286. The zero-order valence-electron chi connectivity index (χ0n) is 9.85. The molecule has 1 atom stereocenters. The third kappa shape index (κ3) is 3.72.